The average molecular weight is 416 g/mol. The van der Waals surface area contributed by atoms with E-state index in [-0.39, 0.29) is 29.7 Å². The van der Waals surface area contributed by atoms with Crippen molar-refractivity contribution in [2.75, 3.05) is 6.61 Å². The standard InChI is InChI=1S/C19H17FN4O4S/c20-16-5-3-6-17(24(26)27)15(16)4-1-2-12-28-22-19(25)23-11-13-29-18(23)14-7-9-21-10-8-14/h1-3,5-11,13,18H,4,12H2,(H,22,25). The van der Waals surface area contributed by atoms with Crippen molar-refractivity contribution in [3.05, 3.63) is 93.5 Å². The van der Waals surface area contributed by atoms with Crippen LogP contribution in [0.4, 0.5) is 14.9 Å². The number of benzene rings is 1. The van der Waals surface area contributed by atoms with Crippen molar-refractivity contribution in [3.63, 3.8) is 0 Å². The van der Waals surface area contributed by atoms with Crippen LogP contribution in [-0.2, 0) is 11.3 Å². The quantitative estimate of drug-likeness (QED) is 0.316. The van der Waals surface area contributed by atoms with Gasteiger partial charge < -0.3 is 0 Å². The number of hydrogen-bond acceptors (Lipinski definition) is 6. The molecule has 0 saturated heterocycles. The fraction of sp³-hybridized carbons (Fsp3) is 0.158. The van der Waals surface area contributed by atoms with Gasteiger partial charge in [0.15, 0.2) is 0 Å². The molecule has 1 aromatic heterocycles. The minimum absolute atomic E-state index is 0.00259. The van der Waals surface area contributed by atoms with Crippen molar-refractivity contribution in [3.8, 4) is 0 Å². The predicted molar refractivity (Wildman–Crippen MR) is 106 cm³/mol. The Labute approximate surface area is 170 Å². The van der Waals surface area contributed by atoms with Crippen molar-refractivity contribution in [2.24, 2.45) is 0 Å². The Kier molecular flexibility index (Phi) is 6.93. The Hall–Kier alpha value is -3.24. The van der Waals surface area contributed by atoms with Gasteiger partial charge in [0.05, 0.1) is 17.1 Å². The lowest BCUT2D eigenvalue weighted by Crippen LogP contribution is -2.36. The smallest absolute Gasteiger partial charge is 0.282 e. The van der Waals surface area contributed by atoms with Crippen LogP contribution in [0.3, 0.4) is 0 Å². The van der Waals surface area contributed by atoms with Crippen LogP contribution in [0.5, 0.6) is 0 Å². The van der Waals surface area contributed by atoms with E-state index in [1.54, 1.807) is 30.7 Å². The maximum atomic E-state index is 13.8. The predicted octanol–water partition coefficient (Wildman–Crippen LogP) is 4.09. The van der Waals surface area contributed by atoms with E-state index in [1.165, 1.54) is 34.9 Å². The summed E-state index contributed by atoms with van der Waals surface area (Å²) >= 11 is 1.48. The number of thioether (sulfide) groups is 1. The molecule has 8 nitrogen and oxygen atoms in total. The number of carbonyl (C=O) groups excluding carboxylic acids is 1. The number of amides is 2. The number of urea groups is 1. The van der Waals surface area contributed by atoms with Crippen LogP contribution < -0.4 is 5.48 Å². The number of nitrogens with one attached hydrogen (secondary N) is 1. The summed E-state index contributed by atoms with van der Waals surface area (Å²) in [5, 5.41) is 12.6. The first-order valence-electron chi connectivity index (χ1n) is 8.57. The molecule has 2 amide bonds. The lowest BCUT2D eigenvalue weighted by atomic mass is 10.1. The maximum absolute atomic E-state index is 13.8. The molecule has 3 rings (SSSR count). The molecule has 0 bridgehead atoms. The monoisotopic (exact) mass is 416 g/mol. The summed E-state index contributed by atoms with van der Waals surface area (Å²) < 4.78 is 13.8. The first-order chi connectivity index (χ1) is 14.1. The summed E-state index contributed by atoms with van der Waals surface area (Å²) in [4.78, 5) is 33.2. The molecule has 1 aliphatic heterocycles. The van der Waals surface area contributed by atoms with Gasteiger partial charge in [0.2, 0.25) is 0 Å². The second-order valence-corrected chi connectivity index (χ2v) is 6.84. The largest absolute Gasteiger partial charge is 0.346 e. The summed E-state index contributed by atoms with van der Waals surface area (Å²) in [6.45, 7) is 0.0264. The molecule has 0 aliphatic carbocycles. The number of hydrogen-bond donors (Lipinski definition) is 1. The SMILES string of the molecule is O=C(NOCC=CCc1c(F)cccc1[N+](=O)[O-])N1C=CSC1c1ccncc1. The minimum Gasteiger partial charge on any atom is -0.282 e. The van der Waals surface area contributed by atoms with E-state index in [1.807, 2.05) is 17.5 Å². The van der Waals surface area contributed by atoms with E-state index < -0.39 is 16.8 Å². The van der Waals surface area contributed by atoms with Gasteiger partial charge in [-0.2, -0.15) is 0 Å². The van der Waals surface area contributed by atoms with E-state index in [4.69, 9.17) is 4.84 Å². The molecule has 2 aromatic rings. The van der Waals surface area contributed by atoms with Gasteiger partial charge in [0.25, 0.3) is 5.69 Å². The van der Waals surface area contributed by atoms with Crippen molar-refractivity contribution in [1.29, 1.82) is 0 Å². The number of aromatic nitrogens is 1. The third-order valence-corrected chi connectivity index (χ3v) is 5.06. The highest BCUT2D eigenvalue weighted by Gasteiger charge is 2.27. The molecule has 10 heteroatoms. The molecular weight excluding hydrogens is 399 g/mol. The number of halogens is 1. The Bertz CT molecular complexity index is 939. The first kappa shape index (κ1) is 20.5. The maximum Gasteiger partial charge on any atom is 0.346 e. The molecular formula is C19H17FN4O4S. The van der Waals surface area contributed by atoms with E-state index in [0.717, 1.165) is 5.56 Å². The van der Waals surface area contributed by atoms with E-state index >= 15 is 0 Å². The van der Waals surface area contributed by atoms with Crippen LogP contribution in [0.1, 0.15) is 16.5 Å². The van der Waals surface area contributed by atoms with Gasteiger partial charge >= 0.3 is 6.03 Å². The van der Waals surface area contributed by atoms with Gasteiger partial charge in [-0.3, -0.25) is 24.8 Å². The molecule has 1 N–H and O–H groups in total. The second-order valence-electron chi connectivity index (χ2n) is 5.85. The van der Waals surface area contributed by atoms with Crippen molar-refractivity contribution >= 4 is 23.5 Å². The number of rotatable bonds is 7. The number of carbonyl (C=O) groups is 1. The molecule has 0 spiro atoms. The van der Waals surface area contributed by atoms with Gasteiger partial charge in [-0.1, -0.05) is 18.2 Å². The lowest BCUT2D eigenvalue weighted by Gasteiger charge is -2.22. The number of hydroxylamine groups is 1. The van der Waals surface area contributed by atoms with Crippen LogP contribution in [0.25, 0.3) is 0 Å². The third-order valence-electron chi connectivity index (χ3n) is 4.03. The van der Waals surface area contributed by atoms with Gasteiger partial charge in [-0.25, -0.2) is 14.7 Å². The van der Waals surface area contributed by atoms with E-state index in [2.05, 4.69) is 10.5 Å². The summed E-state index contributed by atoms with van der Waals surface area (Å²) in [5.74, 6) is -0.640. The van der Waals surface area contributed by atoms with E-state index in [0.29, 0.717) is 0 Å². The zero-order chi connectivity index (χ0) is 20.6. The zero-order valence-corrected chi connectivity index (χ0v) is 15.9. The molecule has 2 heterocycles. The first-order valence-corrected chi connectivity index (χ1v) is 9.51. The average Bonchev–Trinajstić information content (AvgIpc) is 3.22. The fourth-order valence-corrected chi connectivity index (χ4v) is 3.62. The second kappa shape index (κ2) is 9.80. The number of nitrogens with zero attached hydrogens (tertiary/aromatic N) is 3. The molecule has 29 heavy (non-hydrogen) atoms. The molecule has 1 aromatic carbocycles. The molecule has 1 unspecified atom stereocenters. The van der Waals surface area contributed by atoms with Gasteiger partial charge in [0, 0.05) is 31.1 Å². The highest BCUT2D eigenvalue weighted by molar-refractivity contribution is 8.02. The normalized spacial score (nSPS) is 15.8. The number of allylic oxidation sites excluding steroid dienone is 1. The van der Waals surface area contributed by atoms with Crippen LogP contribution in [0, 0.1) is 15.9 Å². The number of nitro benzene ring substituents is 1. The summed E-state index contributed by atoms with van der Waals surface area (Å²) in [7, 11) is 0. The van der Waals surface area contributed by atoms with Crippen LogP contribution >= 0.6 is 11.8 Å². The Morgan fingerprint density at radius 1 is 1.34 bits per heavy atom. The highest BCUT2D eigenvalue weighted by atomic mass is 32.2. The lowest BCUT2D eigenvalue weighted by molar-refractivity contribution is -0.385. The van der Waals surface area contributed by atoms with Crippen LogP contribution in [0.2, 0.25) is 0 Å². The summed E-state index contributed by atoms with van der Waals surface area (Å²) in [5.41, 5.74) is 2.99. The third kappa shape index (κ3) is 5.18. The Morgan fingerprint density at radius 3 is 2.90 bits per heavy atom. The van der Waals surface area contributed by atoms with Crippen LogP contribution in [0.15, 0.2) is 66.5 Å². The molecule has 1 aliphatic rings. The van der Waals surface area contributed by atoms with Crippen molar-refractivity contribution < 1.29 is 18.9 Å². The molecule has 0 radical (unpaired) electrons. The van der Waals surface area contributed by atoms with Crippen LogP contribution in [-0.4, -0.2) is 27.4 Å². The van der Waals surface area contributed by atoms with Crippen molar-refractivity contribution in [2.45, 2.75) is 11.8 Å². The Balaban J connectivity index is 1.48. The number of pyridine rings is 1. The Morgan fingerprint density at radius 2 is 2.14 bits per heavy atom. The summed E-state index contributed by atoms with van der Waals surface area (Å²) in [6.07, 6.45) is 8.10. The van der Waals surface area contributed by atoms with Crippen molar-refractivity contribution in [1.82, 2.24) is 15.4 Å². The highest BCUT2D eigenvalue weighted by Crippen LogP contribution is 2.38. The van der Waals surface area contributed by atoms with E-state index in [9.17, 15) is 19.3 Å². The molecule has 0 fully saturated rings. The van der Waals surface area contributed by atoms with Gasteiger partial charge in [-0.15, -0.1) is 11.8 Å². The topological polar surface area (TPSA) is 97.6 Å². The number of nitro groups is 1. The zero-order valence-electron chi connectivity index (χ0n) is 15.1. The molecule has 0 saturated carbocycles. The fourth-order valence-electron chi connectivity index (χ4n) is 2.65. The van der Waals surface area contributed by atoms with Gasteiger partial charge in [-0.05, 0) is 29.2 Å². The minimum atomic E-state index is -0.640. The molecule has 150 valence electrons. The molecule has 1 atom stereocenters. The van der Waals surface area contributed by atoms with Gasteiger partial charge in [0.1, 0.15) is 11.2 Å². The summed E-state index contributed by atoms with van der Waals surface area (Å²) in [6, 6.07) is 6.94.